The third-order valence-corrected chi connectivity index (χ3v) is 6.74. The Labute approximate surface area is 141 Å². The molecule has 4 fully saturated rings. The van der Waals surface area contributed by atoms with Crippen molar-refractivity contribution in [3.05, 3.63) is 17.5 Å². The van der Waals surface area contributed by atoms with E-state index in [4.69, 9.17) is 0 Å². The van der Waals surface area contributed by atoms with Gasteiger partial charge in [0.25, 0.3) is 5.91 Å². The first kappa shape index (κ1) is 15.7. The largest absolute Gasteiger partial charge is 0.478 e. The average Bonchev–Trinajstić information content (AvgIpc) is 2.87. The van der Waals surface area contributed by atoms with Crippen molar-refractivity contribution in [1.29, 1.82) is 0 Å². The molecule has 130 valence electrons. The van der Waals surface area contributed by atoms with Gasteiger partial charge in [-0.2, -0.15) is 5.10 Å². The van der Waals surface area contributed by atoms with Crippen LogP contribution in [0.5, 0.6) is 0 Å². The number of rotatable bonds is 4. The smallest absolute Gasteiger partial charge is 0.339 e. The molecule has 6 heteroatoms. The third kappa shape index (κ3) is 2.34. The average molecular weight is 331 g/mol. The van der Waals surface area contributed by atoms with E-state index in [1.807, 2.05) is 0 Å². The number of amides is 1. The Bertz CT molecular complexity index is 658. The molecule has 6 nitrogen and oxygen atoms in total. The van der Waals surface area contributed by atoms with Gasteiger partial charge in [0.1, 0.15) is 11.3 Å². The van der Waals surface area contributed by atoms with E-state index in [1.165, 1.54) is 49.4 Å². The molecule has 4 saturated carbocycles. The van der Waals surface area contributed by atoms with Crippen molar-refractivity contribution < 1.29 is 14.7 Å². The van der Waals surface area contributed by atoms with Gasteiger partial charge in [-0.25, -0.2) is 4.79 Å². The highest BCUT2D eigenvalue weighted by molar-refractivity contribution is 6.03. The fraction of sp³-hybridized carbons (Fsp3) is 0.722. The minimum Gasteiger partial charge on any atom is -0.478 e. The first-order valence-electron chi connectivity index (χ1n) is 8.94. The highest BCUT2D eigenvalue weighted by atomic mass is 16.4. The lowest BCUT2D eigenvalue weighted by molar-refractivity contribution is -0.0688. The van der Waals surface area contributed by atoms with Gasteiger partial charge in [0, 0.05) is 13.1 Å². The molecule has 0 aromatic carbocycles. The zero-order valence-electron chi connectivity index (χ0n) is 14.3. The van der Waals surface area contributed by atoms with Crippen LogP contribution in [-0.2, 0) is 7.05 Å². The van der Waals surface area contributed by atoms with Crippen molar-refractivity contribution in [3.63, 3.8) is 0 Å². The molecule has 1 atom stereocenters. The van der Waals surface area contributed by atoms with Crippen molar-refractivity contribution in [2.45, 2.75) is 51.5 Å². The van der Waals surface area contributed by atoms with Crippen LogP contribution in [0.1, 0.15) is 66.3 Å². The summed E-state index contributed by atoms with van der Waals surface area (Å²) in [4.78, 5) is 24.0. The molecule has 1 aromatic heterocycles. The molecule has 1 aromatic rings. The van der Waals surface area contributed by atoms with Gasteiger partial charge in [0.2, 0.25) is 0 Å². The minimum absolute atomic E-state index is 0.0345. The molecule has 0 aliphatic heterocycles. The van der Waals surface area contributed by atoms with Gasteiger partial charge in [-0.1, -0.05) is 0 Å². The van der Waals surface area contributed by atoms with Crippen molar-refractivity contribution >= 4 is 11.9 Å². The Hall–Kier alpha value is -1.85. The predicted octanol–water partition coefficient (Wildman–Crippen LogP) is 2.45. The number of aryl methyl sites for hydroxylation is 1. The number of carboxylic acid groups (broad SMARTS) is 1. The summed E-state index contributed by atoms with van der Waals surface area (Å²) >= 11 is 0. The highest BCUT2D eigenvalue weighted by Gasteiger charge is 2.53. The van der Waals surface area contributed by atoms with E-state index in [9.17, 15) is 14.7 Å². The number of aromatic carboxylic acids is 1. The summed E-state index contributed by atoms with van der Waals surface area (Å²) in [5.74, 6) is 1.03. The summed E-state index contributed by atoms with van der Waals surface area (Å²) in [5.41, 5.74) is 0.304. The van der Waals surface area contributed by atoms with Crippen molar-refractivity contribution in [2.75, 3.05) is 0 Å². The number of nitrogens with one attached hydrogen (secondary N) is 1. The number of hydrogen-bond acceptors (Lipinski definition) is 3. The SMILES string of the molecule is C[C@@H](NC(=O)c1c(C(=O)O)cnn1C)C12CC3CC(CC(C3)C1)C2. The molecule has 1 heterocycles. The number of carbonyl (C=O) groups excluding carboxylic acids is 1. The zero-order valence-corrected chi connectivity index (χ0v) is 14.3. The molecule has 0 spiro atoms. The van der Waals surface area contributed by atoms with Gasteiger partial charge in [-0.3, -0.25) is 9.48 Å². The maximum absolute atomic E-state index is 12.7. The topological polar surface area (TPSA) is 84.2 Å². The van der Waals surface area contributed by atoms with Crippen LogP contribution in [0, 0.1) is 23.2 Å². The molecule has 4 bridgehead atoms. The summed E-state index contributed by atoms with van der Waals surface area (Å²) in [6.07, 6.45) is 8.96. The van der Waals surface area contributed by atoms with Crippen LogP contribution in [0.15, 0.2) is 6.20 Å². The van der Waals surface area contributed by atoms with Crippen molar-refractivity contribution in [2.24, 2.45) is 30.2 Å². The van der Waals surface area contributed by atoms with E-state index in [2.05, 4.69) is 17.3 Å². The lowest BCUT2D eigenvalue weighted by Gasteiger charge is -2.59. The van der Waals surface area contributed by atoms with Crippen LogP contribution in [0.4, 0.5) is 0 Å². The number of carbonyl (C=O) groups is 2. The highest BCUT2D eigenvalue weighted by Crippen LogP contribution is 2.61. The Morgan fingerprint density at radius 2 is 1.79 bits per heavy atom. The number of nitrogens with zero attached hydrogens (tertiary/aromatic N) is 2. The Morgan fingerprint density at radius 1 is 1.25 bits per heavy atom. The molecule has 5 rings (SSSR count). The van der Waals surface area contributed by atoms with E-state index in [-0.39, 0.29) is 28.6 Å². The normalized spacial score (nSPS) is 35.0. The fourth-order valence-corrected chi connectivity index (χ4v) is 5.99. The molecule has 0 saturated heterocycles. The van der Waals surface area contributed by atoms with Gasteiger partial charge >= 0.3 is 5.97 Å². The van der Waals surface area contributed by atoms with Crippen LogP contribution in [-0.4, -0.2) is 32.8 Å². The zero-order chi connectivity index (χ0) is 17.1. The summed E-state index contributed by atoms with van der Waals surface area (Å²) in [5, 5.41) is 16.3. The van der Waals surface area contributed by atoms with Crippen LogP contribution >= 0.6 is 0 Å². The summed E-state index contributed by atoms with van der Waals surface area (Å²) in [6, 6.07) is 0.0648. The van der Waals surface area contributed by atoms with Crippen LogP contribution in [0.25, 0.3) is 0 Å². The summed E-state index contributed by atoms with van der Waals surface area (Å²) in [6.45, 7) is 2.10. The predicted molar refractivity (Wildman–Crippen MR) is 87.7 cm³/mol. The molecule has 1 amide bonds. The second kappa shape index (κ2) is 5.33. The molecule has 24 heavy (non-hydrogen) atoms. The van der Waals surface area contributed by atoms with E-state index >= 15 is 0 Å². The monoisotopic (exact) mass is 331 g/mol. The third-order valence-electron chi connectivity index (χ3n) is 6.74. The maximum Gasteiger partial charge on any atom is 0.339 e. The summed E-state index contributed by atoms with van der Waals surface area (Å²) in [7, 11) is 1.61. The van der Waals surface area contributed by atoms with E-state index < -0.39 is 5.97 Å². The lowest BCUT2D eigenvalue weighted by Crippen LogP contribution is -2.56. The van der Waals surface area contributed by atoms with Crippen molar-refractivity contribution in [3.8, 4) is 0 Å². The molecule has 0 unspecified atom stereocenters. The first-order valence-corrected chi connectivity index (χ1v) is 8.94. The van der Waals surface area contributed by atoms with Crippen LogP contribution in [0.2, 0.25) is 0 Å². The minimum atomic E-state index is -1.12. The molecular weight excluding hydrogens is 306 g/mol. The number of hydrogen-bond donors (Lipinski definition) is 2. The van der Waals surface area contributed by atoms with E-state index in [1.54, 1.807) is 7.05 Å². The number of carboxylic acids is 1. The maximum atomic E-state index is 12.7. The van der Waals surface area contributed by atoms with E-state index in [0.29, 0.717) is 0 Å². The Balaban J connectivity index is 1.54. The second-order valence-electron chi connectivity index (χ2n) is 8.31. The first-order chi connectivity index (χ1) is 11.4. The van der Waals surface area contributed by atoms with E-state index in [0.717, 1.165) is 17.8 Å². The van der Waals surface area contributed by atoms with Crippen molar-refractivity contribution in [1.82, 2.24) is 15.1 Å². The fourth-order valence-electron chi connectivity index (χ4n) is 5.99. The van der Waals surface area contributed by atoms with Crippen LogP contribution < -0.4 is 5.32 Å². The van der Waals surface area contributed by atoms with Gasteiger partial charge in [-0.15, -0.1) is 0 Å². The van der Waals surface area contributed by atoms with Gasteiger partial charge in [-0.05, 0) is 68.6 Å². The molecular formula is C18H25N3O3. The summed E-state index contributed by atoms with van der Waals surface area (Å²) < 4.78 is 1.35. The van der Waals surface area contributed by atoms with Gasteiger partial charge in [0.05, 0.1) is 6.20 Å². The van der Waals surface area contributed by atoms with Gasteiger partial charge in [0.15, 0.2) is 0 Å². The molecule has 4 aliphatic rings. The number of aromatic nitrogens is 2. The van der Waals surface area contributed by atoms with Gasteiger partial charge < -0.3 is 10.4 Å². The second-order valence-corrected chi connectivity index (χ2v) is 8.31. The molecule has 2 N–H and O–H groups in total. The molecule has 4 aliphatic carbocycles. The lowest BCUT2D eigenvalue weighted by atomic mass is 9.48. The standard InChI is InChI=1S/C18H25N3O3/c1-10(18-6-11-3-12(7-18)5-13(4-11)8-18)20-16(22)15-14(17(23)24)9-19-21(15)2/h9-13H,3-8H2,1-2H3,(H,20,22)(H,23,24)/t10-,11?,12?,13?,18?/m1/s1. The Morgan fingerprint density at radius 3 is 2.29 bits per heavy atom. The van der Waals surface area contributed by atoms with Crippen LogP contribution in [0.3, 0.4) is 0 Å². The molecule has 0 radical (unpaired) electrons. The Kier molecular flexibility index (Phi) is 3.48. The quantitative estimate of drug-likeness (QED) is 0.887.